The van der Waals surface area contributed by atoms with Gasteiger partial charge in [-0.1, -0.05) is 23.8 Å². The van der Waals surface area contributed by atoms with Crippen LogP contribution in [0.4, 0.5) is 5.69 Å². The highest BCUT2D eigenvalue weighted by Gasteiger charge is 2.13. The molecule has 8 nitrogen and oxygen atoms in total. The second kappa shape index (κ2) is 10.6. The van der Waals surface area contributed by atoms with E-state index in [4.69, 9.17) is 4.74 Å². The molecule has 0 radical (unpaired) electrons. The Morgan fingerprint density at radius 3 is 2.45 bits per heavy atom. The number of carbonyl (C=O) groups excluding carboxylic acids is 2. The lowest BCUT2D eigenvalue weighted by molar-refractivity contribution is 0.0600. The summed E-state index contributed by atoms with van der Waals surface area (Å²) in [5.41, 5.74) is 5.72. The van der Waals surface area contributed by atoms with Gasteiger partial charge >= 0.3 is 5.97 Å². The van der Waals surface area contributed by atoms with Crippen LogP contribution in [0.2, 0.25) is 0 Å². The molecule has 0 saturated heterocycles. The van der Waals surface area contributed by atoms with E-state index in [2.05, 4.69) is 20.7 Å². The number of amides is 1. The fourth-order valence-corrected chi connectivity index (χ4v) is 3.51. The summed E-state index contributed by atoms with van der Waals surface area (Å²) in [6, 6.07) is 14.2. The molecule has 0 aliphatic rings. The highest BCUT2D eigenvalue weighted by molar-refractivity contribution is 6.10. The lowest BCUT2D eigenvalue weighted by atomic mass is 10.1. The van der Waals surface area contributed by atoms with Crippen LogP contribution >= 0.6 is 0 Å². The van der Waals surface area contributed by atoms with E-state index < -0.39 is 5.97 Å². The Balaban J connectivity index is 1.83. The summed E-state index contributed by atoms with van der Waals surface area (Å²) in [5.74, 6) is -0.422. The molecule has 1 amide bonds. The van der Waals surface area contributed by atoms with Gasteiger partial charge in [-0.05, 0) is 63.1 Å². The van der Waals surface area contributed by atoms with E-state index in [0.717, 1.165) is 22.5 Å². The number of esters is 1. The van der Waals surface area contributed by atoms with Gasteiger partial charge in [0.1, 0.15) is 0 Å². The molecule has 0 bridgehead atoms. The van der Waals surface area contributed by atoms with Crippen molar-refractivity contribution in [3.05, 3.63) is 82.2 Å². The number of methoxy groups -OCH3 is 1. The van der Waals surface area contributed by atoms with Gasteiger partial charge in [0, 0.05) is 30.5 Å². The molecule has 1 aromatic heterocycles. The Hall–Kier alpha value is -3.94. The van der Waals surface area contributed by atoms with E-state index in [1.54, 1.807) is 30.3 Å². The monoisotopic (exact) mass is 447 g/mol. The van der Waals surface area contributed by atoms with Crippen molar-refractivity contribution in [2.75, 3.05) is 19.0 Å². The molecule has 0 unspecified atom stereocenters. The highest BCUT2D eigenvalue weighted by Crippen LogP contribution is 2.14. The number of anilines is 1. The smallest absolute Gasteiger partial charge is 0.337 e. The van der Waals surface area contributed by atoms with Crippen molar-refractivity contribution < 1.29 is 14.3 Å². The maximum Gasteiger partial charge on any atom is 0.337 e. The minimum Gasteiger partial charge on any atom is -0.465 e. The molecule has 0 spiro atoms. The molecular formula is C25H29N5O3. The van der Waals surface area contributed by atoms with Crippen molar-refractivity contribution in [3.63, 3.8) is 0 Å². The molecule has 2 N–H and O–H groups in total. The molecule has 8 heteroatoms. The Morgan fingerprint density at radius 2 is 1.79 bits per heavy atom. The molecule has 0 atom stereocenters. The van der Waals surface area contributed by atoms with E-state index in [1.165, 1.54) is 7.11 Å². The minimum atomic E-state index is -0.441. The first-order valence-corrected chi connectivity index (χ1v) is 10.7. The fraction of sp³-hybridized carbons (Fsp3) is 0.280. The van der Waals surface area contributed by atoms with E-state index in [0.29, 0.717) is 35.7 Å². The van der Waals surface area contributed by atoms with Crippen LogP contribution in [0.15, 0.2) is 53.5 Å². The zero-order valence-corrected chi connectivity index (χ0v) is 19.6. The Labute approximate surface area is 193 Å². The van der Waals surface area contributed by atoms with Gasteiger partial charge in [-0.2, -0.15) is 5.10 Å². The Morgan fingerprint density at radius 1 is 1.06 bits per heavy atom. The quantitative estimate of drug-likeness (QED) is 0.342. The first-order chi connectivity index (χ1) is 15.8. The number of guanidine groups is 1. The molecule has 1 heterocycles. The second-order valence-electron chi connectivity index (χ2n) is 7.77. The molecule has 0 aliphatic carbocycles. The maximum absolute atomic E-state index is 12.8. The summed E-state index contributed by atoms with van der Waals surface area (Å²) in [6.07, 6.45) is 0.680. The minimum absolute atomic E-state index is 0.275. The van der Waals surface area contributed by atoms with Crippen LogP contribution in [0, 0.1) is 20.8 Å². The predicted octanol–water partition coefficient (Wildman–Crippen LogP) is 3.57. The number of nitrogens with zero attached hydrogens (tertiary/aromatic N) is 3. The van der Waals surface area contributed by atoms with Gasteiger partial charge in [0.05, 0.1) is 18.4 Å². The number of rotatable bonds is 6. The van der Waals surface area contributed by atoms with Crippen molar-refractivity contribution in [2.45, 2.75) is 27.2 Å². The molecule has 2 aromatic carbocycles. The zero-order valence-electron chi connectivity index (χ0n) is 19.6. The van der Waals surface area contributed by atoms with Gasteiger partial charge in [0.2, 0.25) is 5.96 Å². The molecule has 33 heavy (non-hydrogen) atoms. The van der Waals surface area contributed by atoms with Gasteiger partial charge in [-0.3, -0.25) is 19.8 Å². The van der Waals surface area contributed by atoms with Crippen molar-refractivity contribution in [1.29, 1.82) is 0 Å². The van der Waals surface area contributed by atoms with E-state index in [1.807, 2.05) is 50.7 Å². The average molecular weight is 448 g/mol. The summed E-state index contributed by atoms with van der Waals surface area (Å²) in [5, 5.41) is 10.4. The summed E-state index contributed by atoms with van der Waals surface area (Å²) in [4.78, 5) is 29.3. The van der Waals surface area contributed by atoms with Gasteiger partial charge in [0.15, 0.2) is 0 Å². The predicted molar refractivity (Wildman–Crippen MR) is 129 cm³/mol. The molecule has 0 fully saturated rings. The molecule has 172 valence electrons. The number of nitrogens with one attached hydrogen (secondary N) is 2. The van der Waals surface area contributed by atoms with Crippen LogP contribution in [0.25, 0.3) is 0 Å². The summed E-state index contributed by atoms with van der Waals surface area (Å²) >= 11 is 0. The number of aliphatic imine (C=N–C) groups is 1. The van der Waals surface area contributed by atoms with E-state index >= 15 is 0 Å². The van der Waals surface area contributed by atoms with Crippen LogP contribution < -0.4 is 10.6 Å². The summed E-state index contributed by atoms with van der Waals surface area (Å²) < 4.78 is 6.65. The third-order valence-electron chi connectivity index (χ3n) is 5.35. The van der Waals surface area contributed by atoms with E-state index in [9.17, 15) is 9.59 Å². The largest absolute Gasteiger partial charge is 0.465 e. The number of aromatic nitrogens is 2. The number of ether oxygens (including phenoxy) is 1. The van der Waals surface area contributed by atoms with Crippen LogP contribution in [0.5, 0.6) is 0 Å². The molecule has 3 aromatic rings. The average Bonchev–Trinajstić information content (AvgIpc) is 3.04. The van der Waals surface area contributed by atoms with E-state index in [-0.39, 0.29) is 5.91 Å². The van der Waals surface area contributed by atoms with Crippen LogP contribution in [0.3, 0.4) is 0 Å². The highest BCUT2D eigenvalue weighted by atomic mass is 16.5. The summed E-state index contributed by atoms with van der Waals surface area (Å²) in [7, 11) is 3.25. The Kier molecular flexibility index (Phi) is 7.61. The first kappa shape index (κ1) is 23.7. The van der Waals surface area contributed by atoms with Crippen molar-refractivity contribution in [3.8, 4) is 0 Å². The van der Waals surface area contributed by atoms with Crippen molar-refractivity contribution in [1.82, 2.24) is 15.1 Å². The molecular weight excluding hydrogens is 418 g/mol. The molecule has 0 saturated carbocycles. The van der Waals surface area contributed by atoms with Gasteiger partial charge in [-0.15, -0.1) is 0 Å². The summed E-state index contributed by atoms with van der Waals surface area (Å²) in [6.45, 7) is 6.38. The topological polar surface area (TPSA) is 97.6 Å². The standard InChI is InChI=1S/C25H29N5O3/c1-16-8-6-9-19(14-16)23(31)28-25(26-13-12-22-17(2)29-30(4)18(22)3)27-21-11-7-10-20(15-21)24(32)33-5/h6-11,14-15H,12-13H2,1-5H3,(H2,26,27,28,31). The number of hydrogen-bond acceptors (Lipinski definition) is 5. The SMILES string of the molecule is COC(=O)c1cccc(NC(=NCCc2c(C)nn(C)c2C)NC(=O)c2cccc(C)c2)c1. The number of carbonyl (C=O) groups is 2. The van der Waals surface area contributed by atoms with Crippen molar-refractivity contribution >= 4 is 23.5 Å². The van der Waals surface area contributed by atoms with Gasteiger partial charge in [-0.25, -0.2) is 4.79 Å². The number of benzene rings is 2. The van der Waals surface area contributed by atoms with Crippen molar-refractivity contribution in [2.24, 2.45) is 12.0 Å². The lowest BCUT2D eigenvalue weighted by Crippen LogP contribution is -2.36. The Bertz CT molecular complexity index is 1200. The molecule has 3 rings (SSSR count). The zero-order chi connectivity index (χ0) is 24.0. The fourth-order valence-electron chi connectivity index (χ4n) is 3.51. The number of hydrogen-bond donors (Lipinski definition) is 2. The molecule has 0 aliphatic heterocycles. The lowest BCUT2D eigenvalue weighted by Gasteiger charge is -2.13. The number of aryl methyl sites for hydroxylation is 3. The third-order valence-corrected chi connectivity index (χ3v) is 5.35. The van der Waals surface area contributed by atoms with Crippen LogP contribution in [0.1, 0.15) is 43.2 Å². The second-order valence-corrected chi connectivity index (χ2v) is 7.77. The van der Waals surface area contributed by atoms with Crippen LogP contribution in [-0.2, 0) is 18.2 Å². The normalized spacial score (nSPS) is 11.2. The van der Waals surface area contributed by atoms with Gasteiger partial charge in [0.25, 0.3) is 5.91 Å². The van der Waals surface area contributed by atoms with Crippen LogP contribution in [-0.4, -0.2) is 41.3 Å². The first-order valence-electron chi connectivity index (χ1n) is 10.7. The van der Waals surface area contributed by atoms with Gasteiger partial charge < -0.3 is 10.1 Å². The third kappa shape index (κ3) is 6.06. The maximum atomic E-state index is 12.8.